The van der Waals surface area contributed by atoms with E-state index in [1.165, 1.54) is 28.0 Å². The van der Waals surface area contributed by atoms with E-state index in [2.05, 4.69) is 58.5 Å². The van der Waals surface area contributed by atoms with Gasteiger partial charge in [0.2, 0.25) is 0 Å². The topological polar surface area (TPSA) is 149 Å². The number of unbranched alkanes of at least 4 members (excludes halogenated alkanes) is 3. The van der Waals surface area contributed by atoms with Gasteiger partial charge in [0.05, 0.1) is 6.54 Å². The number of aldehydes is 1. The first kappa shape index (κ1) is 30.6. The zero-order valence-corrected chi connectivity index (χ0v) is 24.3. The largest absolute Gasteiger partial charge is 0.478 e. The van der Waals surface area contributed by atoms with Gasteiger partial charge < -0.3 is 31.7 Å². The molecule has 1 aliphatic rings. The molecule has 0 saturated heterocycles. The molecule has 0 radical (unpaired) electrons. The minimum absolute atomic E-state index is 0.0606. The maximum atomic E-state index is 11.8. The fraction of sp³-hybridized carbons (Fsp3) is 0.382. The summed E-state index contributed by atoms with van der Waals surface area (Å²) < 4.78 is 0. The van der Waals surface area contributed by atoms with Gasteiger partial charge in [-0.3, -0.25) is 0 Å². The molecule has 0 amide bonds. The number of aliphatic imine (C=N–C) groups is 1. The summed E-state index contributed by atoms with van der Waals surface area (Å²) in [4.78, 5) is 30.1. The van der Waals surface area contributed by atoms with Crippen LogP contribution in [-0.2, 0) is 9.59 Å². The fourth-order valence-electron chi connectivity index (χ4n) is 5.90. The second kappa shape index (κ2) is 15.1. The van der Waals surface area contributed by atoms with Crippen LogP contribution in [0.2, 0.25) is 0 Å². The van der Waals surface area contributed by atoms with Gasteiger partial charge in [-0.2, -0.15) is 0 Å². The van der Waals surface area contributed by atoms with Gasteiger partial charge in [-0.15, -0.1) is 0 Å². The lowest BCUT2D eigenvalue weighted by atomic mass is 9.73. The molecule has 0 fully saturated rings. The lowest BCUT2D eigenvalue weighted by molar-refractivity contribution is -0.131. The van der Waals surface area contributed by atoms with Crippen LogP contribution in [0.1, 0.15) is 68.9 Å². The van der Waals surface area contributed by atoms with Crippen LogP contribution < -0.4 is 11.5 Å². The van der Waals surface area contributed by atoms with Crippen molar-refractivity contribution in [1.29, 1.82) is 0 Å². The van der Waals surface area contributed by atoms with Crippen molar-refractivity contribution in [3.05, 3.63) is 88.9 Å². The molecular weight excluding hydrogens is 526 g/mol. The summed E-state index contributed by atoms with van der Waals surface area (Å²) in [6.07, 6.45) is 15.4. The third-order valence-corrected chi connectivity index (χ3v) is 8.10. The molecule has 0 spiro atoms. The Bertz CT molecular complexity index is 1420. The standard InChI is InChI=1S/C34H42N5O3/c1-23(22-40)9-4-2-3-5-12-29-27(15-14-26-17-24-10-6-7-11-25(24)18-30(26)29)19-31(39-32-13-8-16-37-32)28(20-33(41)42)21-38-34(35)36/h6-8,10-11,13-18,20,22-23,27,29,31,37H,2-5,9,12,19,21H2,1H3,(H,41,42)(H4,35,36,38)/q-1. The number of hydrogen-bond acceptors (Lipinski definition) is 3. The number of nitrogens with zero attached hydrogens (tertiary/aromatic N) is 2. The van der Waals surface area contributed by atoms with Crippen molar-refractivity contribution in [2.24, 2.45) is 28.3 Å². The quantitative estimate of drug-likeness (QED) is 0.0492. The molecule has 8 heteroatoms. The lowest BCUT2D eigenvalue weighted by Crippen LogP contribution is -2.26. The summed E-state index contributed by atoms with van der Waals surface area (Å²) in [5.74, 6) is 0.0224. The lowest BCUT2D eigenvalue weighted by Gasteiger charge is -2.36. The average molecular weight is 569 g/mol. The van der Waals surface area contributed by atoms with Crippen LogP contribution in [0.25, 0.3) is 22.2 Å². The van der Waals surface area contributed by atoms with E-state index in [0.717, 1.165) is 44.8 Å². The minimum atomic E-state index is -1.06. The average Bonchev–Trinajstić information content (AvgIpc) is 3.49. The van der Waals surface area contributed by atoms with Crippen molar-refractivity contribution in [2.45, 2.75) is 63.8 Å². The summed E-state index contributed by atoms with van der Waals surface area (Å²) in [6, 6.07) is 16.3. The third-order valence-electron chi connectivity index (χ3n) is 8.10. The number of fused-ring (bicyclic) bond motifs is 2. The number of hydrogen-bond donors (Lipinski definition) is 4. The van der Waals surface area contributed by atoms with Crippen LogP contribution in [0.4, 0.5) is 5.82 Å². The predicted molar refractivity (Wildman–Crippen MR) is 171 cm³/mol. The molecular formula is C34H42N5O3-. The Balaban J connectivity index is 1.62. The first-order valence-electron chi connectivity index (χ1n) is 14.8. The molecule has 8 nitrogen and oxygen atoms in total. The Labute approximate surface area is 248 Å². The van der Waals surface area contributed by atoms with E-state index in [9.17, 15) is 14.7 Å². The molecule has 1 aromatic heterocycles. The van der Waals surface area contributed by atoms with Crippen LogP contribution >= 0.6 is 0 Å². The zero-order valence-electron chi connectivity index (χ0n) is 24.3. The van der Waals surface area contributed by atoms with Gasteiger partial charge in [0.15, 0.2) is 5.96 Å². The number of H-pyrrole nitrogens is 1. The number of allylic oxidation sites excluding steroid dienone is 1. The van der Waals surface area contributed by atoms with Crippen molar-refractivity contribution >= 4 is 40.9 Å². The van der Waals surface area contributed by atoms with E-state index in [1.807, 2.05) is 19.1 Å². The maximum Gasteiger partial charge on any atom is 0.328 e. The number of rotatable bonds is 16. The monoisotopic (exact) mass is 568 g/mol. The number of benzene rings is 2. The van der Waals surface area contributed by atoms with Gasteiger partial charge in [-0.05, 0) is 70.7 Å². The smallest absolute Gasteiger partial charge is 0.328 e. The van der Waals surface area contributed by atoms with Crippen LogP contribution in [0.3, 0.4) is 0 Å². The molecule has 3 aromatic rings. The van der Waals surface area contributed by atoms with E-state index in [1.54, 1.807) is 6.20 Å². The predicted octanol–water partition coefficient (Wildman–Crippen LogP) is 6.82. The van der Waals surface area contributed by atoms with Crippen LogP contribution in [0.15, 0.2) is 77.4 Å². The summed E-state index contributed by atoms with van der Waals surface area (Å²) in [7, 11) is 0. The highest BCUT2D eigenvalue weighted by Crippen LogP contribution is 2.43. The van der Waals surface area contributed by atoms with E-state index in [-0.39, 0.29) is 30.3 Å². The second-order valence-corrected chi connectivity index (χ2v) is 11.3. The van der Waals surface area contributed by atoms with E-state index in [4.69, 9.17) is 16.8 Å². The molecule has 6 N–H and O–H groups in total. The summed E-state index contributed by atoms with van der Waals surface area (Å²) >= 11 is 0. The summed E-state index contributed by atoms with van der Waals surface area (Å²) in [6.45, 7) is 2.03. The first-order chi connectivity index (χ1) is 20.3. The van der Waals surface area contributed by atoms with Gasteiger partial charge in [0.25, 0.3) is 0 Å². The molecule has 4 rings (SSSR count). The van der Waals surface area contributed by atoms with Gasteiger partial charge >= 0.3 is 5.97 Å². The Morgan fingerprint density at radius 3 is 2.55 bits per heavy atom. The number of aliphatic carboxylic acids is 1. The normalized spacial score (nSPS) is 17.8. The number of carbonyl (C=O) groups is 2. The molecule has 1 heterocycles. The number of carboxylic acids is 1. The van der Waals surface area contributed by atoms with Gasteiger partial charge in [-0.1, -0.05) is 99.2 Å². The van der Waals surface area contributed by atoms with Crippen molar-refractivity contribution in [2.75, 3.05) is 6.54 Å². The highest BCUT2D eigenvalue weighted by atomic mass is 16.4. The van der Waals surface area contributed by atoms with Crippen molar-refractivity contribution in [3.8, 4) is 0 Å². The number of aromatic nitrogens is 1. The van der Waals surface area contributed by atoms with Crippen molar-refractivity contribution < 1.29 is 14.7 Å². The molecule has 0 bridgehead atoms. The highest BCUT2D eigenvalue weighted by Gasteiger charge is 2.29. The minimum Gasteiger partial charge on any atom is -0.478 e. The molecule has 42 heavy (non-hydrogen) atoms. The van der Waals surface area contributed by atoms with Gasteiger partial charge in [-0.25, -0.2) is 9.79 Å². The Morgan fingerprint density at radius 1 is 1.10 bits per heavy atom. The van der Waals surface area contributed by atoms with E-state index in [0.29, 0.717) is 17.8 Å². The Hall–Kier alpha value is -4.33. The van der Waals surface area contributed by atoms with E-state index >= 15 is 0 Å². The van der Waals surface area contributed by atoms with Crippen LogP contribution in [0.5, 0.6) is 0 Å². The second-order valence-electron chi connectivity index (χ2n) is 11.3. The Kier molecular flexibility index (Phi) is 11.0. The van der Waals surface area contributed by atoms with Crippen molar-refractivity contribution in [1.82, 2.24) is 4.98 Å². The Morgan fingerprint density at radius 2 is 1.86 bits per heavy atom. The zero-order chi connectivity index (χ0) is 29.9. The highest BCUT2D eigenvalue weighted by molar-refractivity contribution is 5.87. The number of nitrogens with two attached hydrogens (primary N) is 2. The number of guanidine groups is 1. The van der Waals surface area contributed by atoms with E-state index < -0.39 is 12.0 Å². The van der Waals surface area contributed by atoms with Gasteiger partial charge in [0, 0.05) is 12.0 Å². The molecule has 4 unspecified atom stereocenters. The third kappa shape index (κ3) is 8.59. The van der Waals surface area contributed by atoms with Crippen LogP contribution in [0, 0.1) is 11.8 Å². The summed E-state index contributed by atoms with van der Waals surface area (Å²) in [5.41, 5.74) is 14.3. The maximum absolute atomic E-state index is 11.8. The summed E-state index contributed by atoms with van der Waals surface area (Å²) in [5, 5.41) is 17.0. The number of carboxylic acid groups (broad SMARTS) is 1. The fourth-order valence-corrected chi connectivity index (χ4v) is 5.90. The molecule has 4 atom stereocenters. The number of carbonyl (C=O) groups excluding carboxylic acids is 1. The molecule has 0 aliphatic heterocycles. The first-order valence-corrected chi connectivity index (χ1v) is 14.8. The van der Waals surface area contributed by atoms with Crippen LogP contribution in [-0.4, -0.2) is 40.9 Å². The van der Waals surface area contributed by atoms with Gasteiger partial charge in [0.1, 0.15) is 6.29 Å². The molecule has 0 saturated carbocycles. The molecule has 222 valence electrons. The molecule has 2 aromatic carbocycles. The molecule has 1 aliphatic carbocycles. The number of nitrogens with one attached hydrogen (secondary N) is 1. The SMILES string of the molecule is CC(C=O)CCCCCCC1c2cc3ccccc3cc2C=CC1CC([N-]c1ccc[nH]1)C(=CC(=O)O)CN=C(N)N. The number of aromatic amines is 1. The van der Waals surface area contributed by atoms with Crippen molar-refractivity contribution in [3.63, 3.8) is 0 Å².